The molecule has 0 saturated carbocycles. The highest BCUT2D eigenvalue weighted by Gasteiger charge is 2.09. The van der Waals surface area contributed by atoms with E-state index in [0.717, 1.165) is 33.5 Å². The van der Waals surface area contributed by atoms with Gasteiger partial charge in [0.25, 0.3) is 0 Å². The Morgan fingerprint density at radius 2 is 1.02 bits per heavy atom. The van der Waals surface area contributed by atoms with Crippen molar-refractivity contribution in [3.63, 3.8) is 0 Å². The van der Waals surface area contributed by atoms with Gasteiger partial charge < -0.3 is 19.8 Å². The van der Waals surface area contributed by atoms with Crippen LogP contribution in [0.1, 0.15) is 27.8 Å². The average molecular weight is 666 g/mol. The minimum Gasteiger partial charge on any atom is -0.744 e. The first kappa shape index (κ1) is 37.0. The minimum atomic E-state index is -4.27. The number of ether oxygens (including phenoxy) is 2. The monoisotopic (exact) mass is 665 g/mol. The first-order valence-corrected chi connectivity index (χ1v) is 16.3. The number of carbonyl (C=O) groups is 2. The van der Waals surface area contributed by atoms with Gasteiger partial charge in [0.05, 0.1) is 17.2 Å². The maximum absolute atomic E-state index is 12.1. The van der Waals surface area contributed by atoms with Gasteiger partial charge in [-0.15, -0.1) is 0 Å². The molecule has 0 spiro atoms. The number of esters is 2. The summed E-state index contributed by atoms with van der Waals surface area (Å²) in [4.78, 5) is 27.0. The molecule has 2 N–H and O–H groups in total. The molecular formula is C38H37N2O7S-. The first-order chi connectivity index (χ1) is 23.2. The number of benzene rings is 5. The molecule has 0 radical (unpaired) electrons. The second-order valence-corrected chi connectivity index (χ2v) is 11.5. The molecule has 0 atom stereocenters. The summed E-state index contributed by atoms with van der Waals surface area (Å²) in [5.74, 6) is -0.716. The molecule has 0 aromatic heterocycles. The van der Waals surface area contributed by atoms with E-state index in [2.05, 4.69) is 4.99 Å². The van der Waals surface area contributed by atoms with Gasteiger partial charge in [-0.3, -0.25) is 14.6 Å². The topological polar surface area (TPSA) is 148 Å². The van der Waals surface area contributed by atoms with Crippen LogP contribution in [0.3, 0.4) is 0 Å². The summed E-state index contributed by atoms with van der Waals surface area (Å²) in [5, 5.41) is 0. The third-order valence-corrected chi connectivity index (χ3v) is 7.27. The van der Waals surface area contributed by atoms with Crippen LogP contribution in [-0.2, 0) is 42.4 Å². The van der Waals surface area contributed by atoms with Crippen molar-refractivity contribution >= 4 is 27.8 Å². The number of aryl methyl sites for hydroxylation is 1. The van der Waals surface area contributed by atoms with Crippen LogP contribution in [0.5, 0.6) is 0 Å². The Kier molecular flexibility index (Phi) is 15.4. The maximum Gasteiger partial charge on any atom is 0.328 e. The van der Waals surface area contributed by atoms with E-state index in [9.17, 15) is 22.6 Å². The largest absolute Gasteiger partial charge is 0.744 e. The Labute approximate surface area is 281 Å². The number of hydrogen-bond donors (Lipinski definition) is 1. The lowest BCUT2D eigenvalue weighted by molar-refractivity contribution is -0.144. The molecule has 0 aliphatic carbocycles. The maximum atomic E-state index is 12.1. The van der Waals surface area contributed by atoms with Crippen molar-refractivity contribution in [2.45, 2.75) is 25.0 Å². The van der Waals surface area contributed by atoms with Gasteiger partial charge in [0.15, 0.2) is 0 Å². The molecule has 0 aliphatic heterocycles. The fraction of sp³-hybridized carbons (Fsp3) is 0.132. The fourth-order valence-corrected chi connectivity index (χ4v) is 4.44. The standard InChI is InChI=1S/C22H19NO2.C9H11NO2.C7H8O3S/c24-21(25-17-18-10-4-1-5-11-18)16-23-22(19-12-6-2-7-13-19)20-14-8-3-9-15-20;10-6-9(11)12-7-8-4-2-1-3-5-8;1-6-2-4-7(5-3-6)11(8,9)10/h1-15H,16-17H2;1-5H,6-7,10H2;2-5H,1H3,(H,8,9,10)/p-1. The van der Waals surface area contributed by atoms with Crippen LogP contribution in [-0.4, -0.2) is 43.7 Å². The van der Waals surface area contributed by atoms with Crippen molar-refractivity contribution in [3.05, 3.63) is 173 Å². The average Bonchev–Trinajstić information content (AvgIpc) is 3.12. The molecule has 0 fully saturated rings. The molecule has 5 rings (SSSR count). The Morgan fingerprint density at radius 1 is 0.625 bits per heavy atom. The highest BCUT2D eigenvalue weighted by molar-refractivity contribution is 7.85. The van der Waals surface area contributed by atoms with Gasteiger partial charge in [-0.2, -0.15) is 0 Å². The molecule has 5 aromatic carbocycles. The predicted molar refractivity (Wildman–Crippen MR) is 184 cm³/mol. The lowest BCUT2D eigenvalue weighted by Crippen LogP contribution is -2.16. The third-order valence-electron chi connectivity index (χ3n) is 6.42. The van der Waals surface area contributed by atoms with Gasteiger partial charge >= 0.3 is 11.9 Å². The highest BCUT2D eigenvalue weighted by Crippen LogP contribution is 2.12. The Morgan fingerprint density at radius 3 is 1.42 bits per heavy atom. The molecule has 10 heteroatoms. The van der Waals surface area contributed by atoms with E-state index in [1.54, 1.807) is 12.1 Å². The van der Waals surface area contributed by atoms with Crippen molar-refractivity contribution < 1.29 is 32.0 Å². The zero-order chi connectivity index (χ0) is 34.6. The van der Waals surface area contributed by atoms with Gasteiger partial charge in [-0.25, -0.2) is 8.42 Å². The van der Waals surface area contributed by atoms with E-state index < -0.39 is 10.1 Å². The van der Waals surface area contributed by atoms with Crippen molar-refractivity contribution in [3.8, 4) is 0 Å². The van der Waals surface area contributed by atoms with Gasteiger partial charge in [-0.05, 0) is 30.2 Å². The van der Waals surface area contributed by atoms with Gasteiger partial charge in [0, 0.05) is 11.1 Å². The molecule has 0 saturated heterocycles. The van der Waals surface area contributed by atoms with E-state index >= 15 is 0 Å². The van der Waals surface area contributed by atoms with E-state index in [4.69, 9.17) is 15.2 Å². The van der Waals surface area contributed by atoms with Gasteiger partial charge in [-0.1, -0.05) is 139 Å². The smallest absolute Gasteiger partial charge is 0.328 e. The van der Waals surface area contributed by atoms with Crippen molar-refractivity contribution in [1.82, 2.24) is 0 Å². The minimum absolute atomic E-state index is 0.00798. The zero-order valence-corrected chi connectivity index (χ0v) is 27.3. The summed E-state index contributed by atoms with van der Waals surface area (Å²) >= 11 is 0. The van der Waals surface area contributed by atoms with Crippen LogP contribution < -0.4 is 5.73 Å². The molecule has 0 bridgehead atoms. The predicted octanol–water partition coefficient (Wildman–Crippen LogP) is 5.86. The van der Waals surface area contributed by atoms with Crippen LogP contribution in [0.15, 0.2) is 155 Å². The molecule has 0 heterocycles. The van der Waals surface area contributed by atoms with E-state index in [1.165, 1.54) is 12.1 Å². The Balaban J connectivity index is 0.000000226. The van der Waals surface area contributed by atoms with E-state index in [-0.39, 0.29) is 36.5 Å². The molecule has 9 nitrogen and oxygen atoms in total. The number of carbonyl (C=O) groups excluding carboxylic acids is 2. The Bertz CT molecular complexity index is 1780. The van der Waals surface area contributed by atoms with Crippen molar-refractivity contribution in [2.75, 3.05) is 13.1 Å². The van der Waals surface area contributed by atoms with Crippen LogP contribution >= 0.6 is 0 Å². The Hall–Kier alpha value is -5.42. The van der Waals surface area contributed by atoms with Crippen molar-refractivity contribution in [2.24, 2.45) is 10.7 Å². The summed E-state index contributed by atoms with van der Waals surface area (Å²) in [6.07, 6.45) is 0. The van der Waals surface area contributed by atoms with Crippen LogP contribution in [0, 0.1) is 6.92 Å². The number of nitrogens with two attached hydrogens (primary N) is 1. The summed E-state index contributed by atoms with van der Waals surface area (Å²) in [6, 6.07) is 44.6. The quantitative estimate of drug-likeness (QED) is 0.111. The van der Waals surface area contributed by atoms with E-state index in [0.29, 0.717) is 6.61 Å². The summed E-state index contributed by atoms with van der Waals surface area (Å²) < 4.78 is 41.3. The van der Waals surface area contributed by atoms with Crippen LogP contribution in [0.25, 0.3) is 0 Å². The number of nitrogens with zero attached hydrogens (tertiary/aromatic N) is 1. The normalized spacial score (nSPS) is 10.2. The number of aliphatic imine (C=N–C) groups is 1. The molecular weight excluding hydrogens is 628 g/mol. The number of rotatable bonds is 10. The van der Waals surface area contributed by atoms with E-state index in [1.807, 2.05) is 128 Å². The molecule has 0 amide bonds. The van der Waals surface area contributed by atoms with Crippen LogP contribution in [0.2, 0.25) is 0 Å². The van der Waals surface area contributed by atoms with Crippen molar-refractivity contribution in [1.29, 1.82) is 0 Å². The van der Waals surface area contributed by atoms with Crippen LogP contribution in [0.4, 0.5) is 0 Å². The molecule has 248 valence electrons. The zero-order valence-electron chi connectivity index (χ0n) is 26.5. The summed E-state index contributed by atoms with van der Waals surface area (Å²) in [6.45, 7) is 2.32. The lowest BCUT2D eigenvalue weighted by Gasteiger charge is -2.08. The van der Waals surface area contributed by atoms with Gasteiger partial charge in [0.2, 0.25) is 0 Å². The molecule has 5 aromatic rings. The second kappa shape index (κ2) is 20.0. The summed E-state index contributed by atoms with van der Waals surface area (Å²) in [5.41, 5.74) is 10.7. The van der Waals surface area contributed by atoms with Gasteiger partial charge in [0.1, 0.15) is 29.9 Å². The number of hydrogen-bond acceptors (Lipinski definition) is 9. The third kappa shape index (κ3) is 13.9. The molecule has 0 aliphatic rings. The SMILES string of the molecule is Cc1ccc(S(=O)(=O)[O-])cc1.NCC(=O)OCc1ccccc1.O=C(CN=C(c1ccccc1)c1ccccc1)OCc1ccccc1. The summed E-state index contributed by atoms with van der Waals surface area (Å²) in [7, 11) is -4.27. The highest BCUT2D eigenvalue weighted by atomic mass is 32.2. The molecule has 0 unspecified atom stereocenters. The first-order valence-electron chi connectivity index (χ1n) is 14.9. The second-order valence-electron chi connectivity index (χ2n) is 10.2. The molecule has 48 heavy (non-hydrogen) atoms. The fourth-order valence-electron chi connectivity index (χ4n) is 3.97. The lowest BCUT2D eigenvalue weighted by atomic mass is 10.0.